The first-order valence-electron chi connectivity index (χ1n) is 8.48. The van der Waals surface area contributed by atoms with E-state index in [1.54, 1.807) is 30.4 Å². The second kappa shape index (κ2) is 7.47. The normalized spacial score (nSPS) is 15.9. The van der Waals surface area contributed by atoms with Gasteiger partial charge in [-0.2, -0.15) is 0 Å². The van der Waals surface area contributed by atoms with Crippen LogP contribution in [0.25, 0.3) is 6.08 Å². The molecule has 0 fully saturated rings. The van der Waals surface area contributed by atoms with E-state index in [1.165, 1.54) is 0 Å². The van der Waals surface area contributed by atoms with Crippen LogP contribution < -0.4 is 9.47 Å². The minimum atomic E-state index is -0.103. The largest absolute Gasteiger partial charge is 0.493 e. The molecule has 3 rings (SSSR count). The molecule has 0 bridgehead atoms. The van der Waals surface area contributed by atoms with Gasteiger partial charge in [0, 0.05) is 30.7 Å². The zero-order valence-electron chi connectivity index (χ0n) is 14.8. The predicted octanol–water partition coefficient (Wildman–Crippen LogP) is 3.67. The van der Waals surface area contributed by atoms with Crippen LogP contribution in [-0.4, -0.2) is 30.6 Å². The van der Waals surface area contributed by atoms with Crippen LogP contribution in [0.4, 0.5) is 0 Å². The molecular weight excluding hydrogens is 318 g/mol. The van der Waals surface area contributed by atoms with Crippen molar-refractivity contribution in [1.29, 1.82) is 0 Å². The number of carbonyl (C=O) groups excluding carboxylic acids is 1. The number of nitrogens with zero attached hydrogens (tertiary/aromatic N) is 1. The number of carbonyl (C=O) groups is 1. The molecule has 1 aliphatic heterocycles. The molecule has 1 atom stereocenters. The Morgan fingerprint density at radius 2 is 2.28 bits per heavy atom. The summed E-state index contributed by atoms with van der Waals surface area (Å²) in [6.45, 7) is 4.99. The molecular formula is C20H23NO4. The van der Waals surface area contributed by atoms with E-state index in [2.05, 4.69) is 0 Å². The van der Waals surface area contributed by atoms with E-state index in [-0.39, 0.29) is 12.0 Å². The molecule has 1 aromatic heterocycles. The van der Waals surface area contributed by atoms with Crippen LogP contribution in [0.2, 0.25) is 0 Å². The number of benzene rings is 1. The molecule has 25 heavy (non-hydrogen) atoms. The number of furan rings is 1. The van der Waals surface area contributed by atoms with Crippen molar-refractivity contribution in [2.75, 3.05) is 13.7 Å². The van der Waals surface area contributed by atoms with Gasteiger partial charge in [-0.1, -0.05) is 0 Å². The zero-order chi connectivity index (χ0) is 17.8. The van der Waals surface area contributed by atoms with E-state index < -0.39 is 0 Å². The first-order valence-corrected chi connectivity index (χ1v) is 8.48. The molecule has 1 amide bonds. The van der Waals surface area contributed by atoms with E-state index in [1.807, 2.05) is 38.1 Å². The topological polar surface area (TPSA) is 51.9 Å². The monoisotopic (exact) mass is 341 g/mol. The SMILES string of the molecule is CCOc1cc2c(cc1/C=C/C(=O)N(C)Cc1ccco1)OC(C)C2. The van der Waals surface area contributed by atoms with Crippen LogP contribution in [0.15, 0.2) is 41.0 Å². The second-order valence-corrected chi connectivity index (χ2v) is 6.17. The number of amides is 1. The van der Waals surface area contributed by atoms with Crippen molar-refractivity contribution in [3.8, 4) is 11.5 Å². The van der Waals surface area contributed by atoms with Crippen LogP contribution in [0.1, 0.15) is 30.7 Å². The first kappa shape index (κ1) is 17.1. The highest BCUT2D eigenvalue weighted by Crippen LogP contribution is 2.35. The van der Waals surface area contributed by atoms with Gasteiger partial charge < -0.3 is 18.8 Å². The number of ether oxygens (including phenoxy) is 2. The van der Waals surface area contributed by atoms with Gasteiger partial charge in [0.2, 0.25) is 5.91 Å². The van der Waals surface area contributed by atoms with Gasteiger partial charge in [0.05, 0.1) is 19.4 Å². The minimum absolute atomic E-state index is 0.103. The minimum Gasteiger partial charge on any atom is -0.493 e. The third-order valence-electron chi connectivity index (χ3n) is 4.08. The quantitative estimate of drug-likeness (QED) is 0.752. The Morgan fingerprint density at radius 1 is 1.44 bits per heavy atom. The molecule has 1 aliphatic rings. The van der Waals surface area contributed by atoms with Crippen molar-refractivity contribution < 1.29 is 18.7 Å². The Hall–Kier alpha value is -2.69. The van der Waals surface area contributed by atoms with Crippen molar-refractivity contribution >= 4 is 12.0 Å². The number of rotatable bonds is 6. The summed E-state index contributed by atoms with van der Waals surface area (Å²) in [6, 6.07) is 7.61. The molecule has 1 aromatic carbocycles. The lowest BCUT2D eigenvalue weighted by atomic mass is 10.1. The standard InChI is InChI=1S/C20H23NO4/c1-4-23-18-12-16-10-14(2)25-19(16)11-15(18)7-8-20(22)21(3)13-17-6-5-9-24-17/h5-9,11-12,14H,4,10,13H2,1-3H3/b8-7+. The van der Waals surface area contributed by atoms with Crippen LogP contribution in [0, 0.1) is 0 Å². The average molecular weight is 341 g/mol. The van der Waals surface area contributed by atoms with Crippen molar-refractivity contribution in [1.82, 2.24) is 4.90 Å². The predicted molar refractivity (Wildman–Crippen MR) is 95.6 cm³/mol. The van der Waals surface area contributed by atoms with Gasteiger partial charge in [0.25, 0.3) is 0 Å². The summed E-state index contributed by atoms with van der Waals surface area (Å²) >= 11 is 0. The summed E-state index contributed by atoms with van der Waals surface area (Å²) in [4.78, 5) is 13.9. The van der Waals surface area contributed by atoms with Crippen LogP contribution in [0.3, 0.4) is 0 Å². The van der Waals surface area contributed by atoms with Crippen LogP contribution >= 0.6 is 0 Å². The smallest absolute Gasteiger partial charge is 0.246 e. The Kier molecular flexibility index (Phi) is 5.12. The van der Waals surface area contributed by atoms with Gasteiger partial charge in [-0.3, -0.25) is 4.79 Å². The molecule has 0 saturated carbocycles. The molecule has 0 spiro atoms. The maximum absolute atomic E-state index is 12.3. The zero-order valence-corrected chi connectivity index (χ0v) is 14.8. The average Bonchev–Trinajstić information content (AvgIpc) is 3.20. The molecule has 2 aromatic rings. The fourth-order valence-electron chi connectivity index (χ4n) is 2.87. The summed E-state index contributed by atoms with van der Waals surface area (Å²) in [5.74, 6) is 2.29. The summed E-state index contributed by atoms with van der Waals surface area (Å²) in [5, 5.41) is 0. The molecule has 0 radical (unpaired) electrons. The van der Waals surface area contributed by atoms with Crippen LogP contribution in [-0.2, 0) is 17.8 Å². The third kappa shape index (κ3) is 4.05. The Bertz CT molecular complexity index is 764. The van der Waals surface area contributed by atoms with Gasteiger partial charge in [-0.05, 0) is 44.2 Å². The van der Waals surface area contributed by atoms with E-state index in [0.29, 0.717) is 13.2 Å². The fraction of sp³-hybridized carbons (Fsp3) is 0.350. The highest BCUT2D eigenvalue weighted by molar-refractivity contribution is 5.92. The molecule has 132 valence electrons. The van der Waals surface area contributed by atoms with Gasteiger partial charge in [0.1, 0.15) is 23.4 Å². The molecule has 0 N–H and O–H groups in total. The van der Waals surface area contributed by atoms with Gasteiger partial charge in [-0.25, -0.2) is 0 Å². The molecule has 0 aliphatic carbocycles. The van der Waals surface area contributed by atoms with Crippen LogP contribution in [0.5, 0.6) is 11.5 Å². The van der Waals surface area contributed by atoms with Gasteiger partial charge in [-0.15, -0.1) is 0 Å². The lowest BCUT2D eigenvalue weighted by Crippen LogP contribution is -2.23. The highest BCUT2D eigenvalue weighted by atomic mass is 16.5. The summed E-state index contributed by atoms with van der Waals surface area (Å²) in [5.41, 5.74) is 1.99. The fourth-order valence-corrected chi connectivity index (χ4v) is 2.87. The molecule has 5 nitrogen and oxygen atoms in total. The molecule has 5 heteroatoms. The molecule has 2 heterocycles. The highest BCUT2D eigenvalue weighted by Gasteiger charge is 2.21. The van der Waals surface area contributed by atoms with Crippen molar-refractivity contribution in [2.45, 2.75) is 32.9 Å². The number of likely N-dealkylation sites (N-methyl/N-ethyl adjacent to an activating group) is 1. The van der Waals surface area contributed by atoms with E-state index in [4.69, 9.17) is 13.9 Å². The van der Waals surface area contributed by atoms with E-state index in [9.17, 15) is 4.79 Å². The molecule has 0 saturated heterocycles. The summed E-state index contributed by atoms with van der Waals surface area (Å²) < 4.78 is 16.8. The number of hydrogen-bond donors (Lipinski definition) is 0. The first-order chi connectivity index (χ1) is 12.1. The number of hydrogen-bond acceptors (Lipinski definition) is 4. The van der Waals surface area contributed by atoms with Crippen molar-refractivity contribution in [3.05, 3.63) is 53.5 Å². The lowest BCUT2D eigenvalue weighted by Gasteiger charge is -2.13. The summed E-state index contributed by atoms with van der Waals surface area (Å²) in [7, 11) is 1.74. The number of fused-ring (bicyclic) bond motifs is 1. The lowest BCUT2D eigenvalue weighted by molar-refractivity contribution is -0.125. The Balaban J connectivity index is 1.75. The Morgan fingerprint density at radius 3 is 3.00 bits per heavy atom. The van der Waals surface area contributed by atoms with Gasteiger partial charge in [0.15, 0.2) is 0 Å². The van der Waals surface area contributed by atoms with Crippen molar-refractivity contribution in [2.24, 2.45) is 0 Å². The maximum atomic E-state index is 12.3. The van der Waals surface area contributed by atoms with E-state index in [0.717, 1.165) is 34.8 Å². The van der Waals surface area contributed by atoms with Crippen molar-refractivity contribution in [3.63, 3.8) is 0 Å². The van der Waals surface area contributed by atoms with E-state index >= 15 is 0 Å². The summed E-state index contributed by atoms with van der Waals surface area (Å²) in [6.07, 6.45) is 5.97. The third-order valence-corrected chi connectivity index (χ3v) is 4.08. The Labute approximate surface area is 147 Å². The maximum Gasteiger partial charge on any atom is 0.246 e. The van der Waals surface area contributed by atoms with Gasteiger partial charge >= 0.3 is 0 Å². The second-order valence-electron chi connectivity index (χ2n) is 6.17. The molecule has 1 unspecified atom stereocenters.